The van der Waals surface area contributed by atoms with Crippen molar-refractivity contribution in [3.63, 3.8) is 0 Å². The van der Waals surface area contributed by atoms with E-state index in [4.69, 9.17) is 10.2 Å². The highest BCUT2D eigenvalue weighted by atomic mass is 79.9. The molecule has 6 heteroatoms. The fourth-order valence-electron chi connectivity index (χ4n) is 2.16. The van der Waals surface area contributed by atoms with Crippen molar-refractivity contribution < 1.29 is 8.81 Å². The molecule has 0 bridgehead atoms. The van der Waals surface area contributed by atoms with Gasteiger partial charge in [-0.05, 0) is 63.0 Å². The molecule has 1 aromatic carbocycles. The third-order valence-electron chi connectivity index (χ3n) is 3.07. The number of likely N-dealkylation sites (N-methyl/N-ethyl adjacent to an activating group) is 1. The SMILES string of the molecule is CCN(c1cccc(F)c1)C(CN)c1cc(Br)c(Br)o1. The fourth-order valence-corrected chi connectivity index (χ4v) is 2.77. The maximum Gasteiger partial charge on any atom is 0.183 e. The highest BCUT2D eigenvalue weighted by molar-refractivity contribution is 9.13. The van der Waals surface area contributed by atoms with Crippen LogP contribution in [-0.2, 0) is 0 Å². The minimum atomic E-state index is -0.265. The second-order valence-electron chi connectivity index (χ2n) is 4.29. The Morgan fingerprint density at radius 2 is 2.10 bits per heavy atom. The van der Waals surface area contributed by atoms with Crippen LogP contribution in [0, 0.1) is 5.82 Å². The van der Waals surface area contributed by atoms with Crippen molar-refractivity contribution in [2.24, 2.45) is 5.73 Å². The van der Waals surface area contributed by atoms with Gasteiger partial charge in [-0.2, -0.15) is 0 Å². The average molecular weight is 406 g/mol. The van der Waals surface area contributed by atoms with Gasteiger partial charge in [-0.25, -0.2) is 4.39 Å². The minimum Gasteiger partial charge on any atom is -0.451 e. The number of hydrogen-bond donors (Lipinski definition) is 1. The summed E-state index contributed by atoms with van der Waals surface area (Å²) in [6.07, 6.45) is 0. The lowest BCUT2D eigenvalue weighted by molar-refractivity contribution is 0.437. The number of furan rings is 1. The zero-order valence-corrected chi connectivity index (χ0v) is 14.1. The van der Waals surface area contributed by atoms with Crippen LogP contribution in [0.3, 0.4) is 0 Å². The molecule has 0 aliphatic heterocycles. The third kappa shape index (κ3) is 3.24. The number of anilines is 1. The Bertz CT molecular complexity index is 569. The van der Waals surface area contributed by atoms with Gasteiger partial charge in [0.15, 0.2) is 4.67 Å². The summed E-state index contributed by atoms with van der Waals surface area (Å²) in [6.45, 7) is 3.07. The Labute approximate surface area is 134 Å². The number of nitrogens with zero attached hydrogens (tertiary/aromatic N) is 1. The van der Waals surface area contributed by atoms with Crippen LogP contribution in [0.25, 0.3) is 0 Å². The maximum absolute atomic E-state index is 13.4. The van der Waals surface area contributed by atoms with Crippen LogP contribution >= 0.6 is 31.9 Å². The van der Waals surface area contributed by atoms with Crippen molar-refractivity contribution in [2.45, 2.75) is 13.0 Å². The summed E-state index contributed by atoms with van der Waals surface area (Å²) in [4.78, 5) is 2.01. The van der Waals surface area contributed by atoms with E-state index >= 15 is 0 Å². The van der Waals surface area contributed by atoms with Gasteiger partial charge in [0.25, 0.3) is 0 Å². The van der Waals surface area contributed by atoms with Crippen molar-refractivity contribution in [2.75, 3.05) is 18.0 Å². The van der Waals surface area contributed by atoms with Gasteiger partial charge in [0.2, 0.25) is 0 Å². The largest absolute Gasteiger partial charge is 0.451 e. The zero-order valence-electron chi connectivity index (χ0n) is 10.9. The maximum atomic E-state index is 13.4. The van der Waals surface area contributed by atoms with E-state index in [0.29, 0.717) is 17.8 Å². The Morgan fingerprint density at radius 3 is 2.60 bits per heavy atom. The molecule has 0 aliphatic carbocycles. The molecule has 1 atom stereocenters. The molecule has 2 aromatic rings. The average Bonchev–Trinajstić information content (AvgIpc) is 2.75. The van der Waals surface area contributed by atoms with Crippen LogP contribution in [0.5, 0.6) is 0 Å². The van der Waals surface area contributed by atoms with Gasteiger partial charge < -0.3 is 15.1 Å². The molecular formula is C14H15Br2FN2O. The molecule has 3 nitrogen and oxygen atoms in total. The second-order valence-corrected chi connectivity index (χ2v) is 5.86. The molecule has 0 radical (unpaired) electrons. The molecular weight excluding hydrogens is 391 g/mol. The van der Waals surface area contributed by atoms with Crippen LogP contribution in [0.2, 0.25) is 0 Å². The first-order valence-electron chi connectivity index (χ1n) is 6.23. The lowest BCUT2D eigenvalue weighted by Crippen LogP contribution is -2.33. The van der Waals surface area contributed by atoms with Gasteiger partial charge in [0.1, 0.15) is 11.6 Å². The van der Waals surface area contributed by atoms with Crippen molar-refractivity contribution >= 4 is 37.5 Å². The molecule has 0 spiro atoms. The van der Waals surface area contributed by atoms with Gasteiger partial charge in [-0.3, -0.25) is 0 Å². The minimum absolute atomic E-state index is 0.149. The predicted octanol–water partition coefficient (Wildman–Crippen LogP) is 4.47. The molecule has 2 rings (SSSR count). The first-order chi connectivity index (χ1) is 9.56. The van der Waals surface area contributed by atoms with Crippen LogP contribution < -0.4 is 10.6 Å². The van der Waals surface area contributed by atoms with Crippen molar-refractivity contribution in [1.82, 2.24) is 0 Å². The third-order valence-corrected chi connectivity index (χ3v) is 4.78. The highest BCUT2D eigenvalue weighted by Crippen LogP contribution is 2.34. The van der Waals surface area contributed by atoms with E-state index in [-0.39, 0.29) is 11.9 Å². The van der Waals surface area contributed by atoms with Gasteiger partial charge >= 0.3 is 0 Å². The Kier molecular flexibility index (Phi) is 5.23. The first kappa shape index (κ1) is 15.5. The molecule has 1 unspecified atom stereocenters. The first-order valence-corrected chi connectivity index (χ1v) is 7.82. The molecule has 1 aromatic heterocycles. The van der Waals surface area contributed by atoms with Crippen LogP contribution in [0.1, 0.15) is 18.7 Å². The summed E-state index contributed by atoms with van der Waals surface area (Å²) in [6, 6.07) is 8.21. The second kappa shape index (κ2) is 6.74. The van der Waals surface area contributed by atoms with Gasteiger partial charge in [-0.1, -0.05) is 6.07 Å². The summed E-state index contributed by atoms with van der Waals surface area (Å²) in [7, 11) is 0. The summed E-state index contributed by atoms with van der Waals surface area (Å²) in [5.41, 5.74) is 6.67. The smallest absolute Gasteiger partial charge is 0.183 e. The standard InChI is InChI=1S/C14H15Br2FN2O/c1-2-19(10-5-3-4-9(17)6-10)12(8-18)13-7-11(15)14(16)20-13/h3-7,12H,2,8,18H2,1H3. The molecule has 2 N–H and O–H groups in total. The molecule has 1 heterocycles. The molecule has 0 saturated carbocycles. The number of rotatable bonds is 5. The molecule has 0 aliphatic rings. The Morgan fingerprint density at radius 1 is 1.35 bits per heavy atom. The molecule has 0 saturated heterocycles. The quantitative estimate of drug-likeness (QED) is 0.797. The van der Waals surface area contributed by atoms with Gasteiger partial charge in [0.05, 0.1) is 10.5 Å². The Balaban J connectivity index is 2.37. The van der Waals surface area contributed by atoms with E-state index in [0.717, 1.165) is 15.9 Å². The molecule has 0 fully saturated rings. The Hall–Kier alpha value is -0.850. The van der Waals surface area contributed by atoms with Gasteiger partial charge in [-0.15, -0.1) is 0 Å². The van der Waals surface area contributed by atoms with E-state index in [9.17, 15) is 4.39 Å². The lowest BCUT2D eigenvalue weighted by Gasteiger charge is -2.30. The van der Waals surface area contributed by atoms with Crippen LogP contribution in [-0.4, -0.2) is 13.1 Å². The van der Waals surface area contributed by atoms with E-state index in [1.807, 2.05) is 24.0 Å². The highest BCUT2D eigenvalue weighted by Gasteiger charge is 2.23. The van der Waals surface area contributed by atoms with E-state index < -0.39 is 0 Å². The van der Waals surface area contributed by atoms with Crippen molar-refractivity contribution in [3.8, 4) is 0 Å². The van der Waals surface area contributed by atoms with Crippen molar-refractivity contribution in [3.05, 3.63) is 51.1 Å². The van der Waals surface area contributed by atoms with E-state index in [1.165, 1.54) is 12.1 Å². The summed E-state index contributed by atoms with van der Waals surface area (Å²) >= 11 is 6.71. The van der Waals surface area contributed by atoms with Crippen molar-refractivity contribution in [1.29, 1.82) is 0 Å². The molecule has 0 amide bonds. The van der Waals surface area contributed by atoms with Gasteiger partial charge in [0, 0.05) is 18.8 Å². The number of benzene rings is 1. The predicted molar refractivity (Wildman–Crippen MR) is 85.3 cm³/mol. The lowest BCUT2D eigenvalue weighted by atomic mass is 10.1. The van der Waals surface area contributed by atoms with E-state index in [2.05, 4.69) is 31.9 Å². The number of halogens is 3. The monoisotopic (exact) mass is 404 g/mol. The zero-order chi connectivity index (χ0) is 14.7. The van der Waals surface area contributed by atoms with E-state index in [1.54, 1.807) is 6.07 Å². The summed E-state index contributed by atoms with van der Waals surface area (Å²) < 4.78 is 20.5. The van der Waals surface area contributed by atoms with Crippen LogP contribution in [0.4, 0.5) is 10.1 Å². The normalized spacial score (nSPS) is 12.4. The summed E-state index contributed by atoms with van der Waals surface area (Å²) in [5.74, 6) is 0.468. The fraction of sp³-hybridized carbons (Fsp3) is 0.286. The summed E-state index contributed by atoms with van der Waals surface area (Å²) in [5, 5.41) is 0. The molecule has 20 heavy (non-hydrogen) atoms. The molecule has 108 valence electrons. The van der Waals surface area contributed by atoms with Crippen LogP contribution in [0.15, 0.2) is 43.9 Å². The topological polar surface area (TPSA) is 42.4 Å². The number of nitrogens with two attached hydrogens (primary N) is 1. The number of hydrogen-bond acceptors (Lipinski definition) is 3.